The van der Waals surface area contributed by atoms with Crippen molar-refractivity contribution in [2.24, 2.45) is 0 Å². The van der Waals surface area contributed by atoms with Crippen LogP contribution in [0.4, 0.5) is 17.2 Å². The van der Waals surface area contributed by atoms with Crippen molar-refractivity contribution in [3.05, 3.63) is 58.1 Å². The fourth-order valence-corrected chi connectivity index (χ4v) is 3.32. The number of H-pyrrole nitrogens is 1. The Balaban J connectivity index is 1.58. The Labute approximate surface area is 159 Å². The number of hydrogen-bond acceptors (Lipinski definition) is 6. The number of imidazole rings is 1. The molecule has 0 bridgehead atoms. The third kappa shape index (κ3) is 2.83. The van der Waals surface area contributed by atoms with Gasteiger partial charge in [0.25, 0.3) is 0 Å². The van der Waals surface area contributed by atoms with Gasteiger partial charge in [0.05, 0.1) is 17.4 Å². The summed E-state index contributed by atoms with van der Waals surface area (Å²) in [5.41, 5.74) is 4.19. The van der Waals surface area contributed by atoms with E-state index in [1.54, 1.807) is 10.6 Å². The molecule has 8 nitrogen and oxygen atoms in total. The summed E-state index contributed by atoms with van der Waals surface area (Å²) in [6, 6.07) is 11.8. The molecule has 0 unspecified atom stereocenters. The van der Waals surface area contributed by atoms with Crippen LogP contribution in [-0.2, 0) is 0 Å². The van der Waals surface area contributed by atoms with Gasteiger partial charge in [0.15, 0.2) is 17.2 Å². The summed E-state index contributed by atoms with van der Waals surface area (Å²) in [4.78, 5) is 19.0. The van der Waals surface area contributed by atoms with Gasteiger partial charge < -0.3 is 15.6 Å². The zero-order chi connectivity index (χ0) is 19.3. The smallest absolute Gasteiger partial charge is 0.248 e. The second kappa shape index (κ2) is 6.09. The molecule has 8 heteroatoms. The largest absolute Gasteiger partial charge is 0.379 e. The number of aromatic nitrogens is 4. The molecule has 0 amide bonds. The molecule has 3 N–H and O–H groups in total. The van der Waals surface area contributed by atoms with Gasteiger partial charge in [-0.2, -0.15) is 9.78 Å². The number of nitrogens with one attached hydrogen (secondary N) is 3. The molecule has 1 aliphatic carbocycles. The molecule has 0 aliphatic heterocycles. The molecule has 1 saturated carbocycles. The topological polar surface area (TPSA) is 111 Å². The van der Waals surface area contributed by atoms with Gasteiger partial charge in [-0.1, -0.05) is 6.07 Å². The van der Waals surface area contributed by atoms with Crippen molar-refractivity contribution in [1.82, 2.24) is 19.6 Å². The van der Waals surface area contributed by atoms with Gasteiger partial charge >= 0.3 is 0 Å². The minimum atomic E-state index is -0.130. The summed E-state index contributed by atoms with van der Waals surface area (Å²) in [6.07, 6.45) is 3.77. The Kier molecular flexibility index (Phi) is 3.55. The van der Waals surface area contributed by atoms with E-state index in [4.69, 9.17) is 0 Å². The predicted molar refractivity (Wildman–Crippen MR) is 107 cm³/mol. The highest BCUT2D eigenvalue weighted by molar-refractivity contribution is 5.85. The van der Waals surface area contributed by atoms with E-state index in [1.165, 1.54) is 6.20 Å². The lowest BCUT2D eigenvalue weighted by Gasteiger charge is -2.12. The van der Waals surface area contributed by atoms with Crippen LogP contribution >= 0.6 is 0 Å². The Hall–Kier alpha value is -3.86. The molecule has 1 aromatic carbocycles. The normalized spacial score (nSPS) is 13.6. The summed E-state index contributed by atoms with van der Waals surface area (Å²) < 4.78 is 1.54. The number of rotatable bonds is 4. The number of aryl methyl sites for hydroxylation is 1. The third-order valence-corrected chi connectivity index (χ3v) is 4.84. The molecule has 0 radical (unpaired) electrons. The molecular weight excluding hydrogens is 354 g/mol. The highest BCUT2D eigenvalue weighted by atomic mass is 16.1. The molecule has 28 heavy (non-hydrogen) atoms. The Bertz CT molecular complexity index is 1320. The second-order valence-electron chi connectivity index (χ2n) is 7.05. The van der Waals surface area contributed by atoms with Crippen LogP contribution in [0.5, 0.6) is 0 Å². The first-order chi connectivity index (χ1) is 13.6. The monoisotopic (exact) mass is 371 g/mol. The van der Waals surface area contributed by atoms with Gasteiger partial charge in [-0.05, 0) is 37.5 Å². The van der Waals surface area contributed by atoms with Crippen molar-refractivity contribution < 1.29 is 0 Å². The predicted octanol–water partition coefficient (Wildman–Crippen LogP) is 3.07. The average molecular weight is 371 g/mol. The van der Waals surface area contributed by atoms with E-state index in [2.05, 4.69) is 31.8 Å². The number of nitriles is 1. The number of aromatic amines is 1. The summed E-state index contributed by atoms with van der Waals surface area (Å²) in [6.45, 7) is 1.92. The zero-order valence-corrected chi connectivity index (χ0v) is 15.2. The maximum atomic E-state index is 11.8. The minimum absolute atomic E-state index is 0.130. The quantitative estimate of drug-likeness (QED) is 0.508. The molecule has 138 valence electrons. The molecule has 1 aliphatic rings. The van der Waals surface area contributed by atoms with E-state index in [1.807, 2.05) is 31.2 Å². The average Bonchev–Trinajstić information content (AvgIpc) is 3.38. The van der Waals surface area contributed by atoms with Crippen molar-refractivity contribution in [3.63, 3.8) is 0 Å². The number of hydrogen-bond donors (Lipinski definition) is 3. The summed E-state index contributed by atoms with van der Waals surface area (Å²) in [5, 5.41) is 21.6. The van der Waals surface area contributed by atoms with Crippen LogP contribution < -0.4 is 16.2 Å². The van der Waals surface area contributed by atoms with Gasteiger partial charge in [0.1, 0.15) is 6.07 Å². The van der Waals surface area contributed by atoms with Crippen LogP contribution in [0.25, 0.3) is 16.6 Å². The number of pyridine rings is 1. The maximum Gasteiger partial charge on any atom is 0.248 e. The summed E-state index contributed by atoms with van der Waals surface area (Å²) >= 11 is 0. The van der Waals surface area contributed by atoms with Gasteiger partial charge in [0, 0.05) is 29.2 Å². The first-order valence-electron chi connectivity index (χ1n) is 9.07. The van der Waals surface area contributed by atoms with Crippen LogP contribution in [0.1, 0.15) is 24.1 Å². The number of benzene rings is 1. The molecule has 3 aromatic heterocycles. The van der Waals surface area contributed by atoms with Crippen molar-refractivity contribution in [1.29, 1.82) is 5.26 Å². The summed E-state index contributed by atoms with van der Waals surface area (Å²) in [5.74, 6) is 0.583. The molecule has 0 atom stereocenters. The van der Waals surface area contributed by atoms with Crippen molar-refractivity contribution in [3.8, 4) is 6.07 Å². The lowest BCUT2D eigenvalue weighted by atomic mass is 10.1. The van der Waals surface area contributed by atoms with Crippen LogP contribution in [0.2, 0.25) is 0 Å². The summed E-state index contributed by atoms with van der Waals surface area (Å²) in [7, 11) is 0. The number of nitrogens with zero attached hydrogens (tertiary/aromatic N) is 4. The molecule has 5 rings (SSSR count). The molecule has 0 saturated heterocycles. The molecule has 3 heterocycles. The lowest BCUT2D eigenvalue weighted by molar-refractivity contribution is 0.924. The number of anilines is 3. The van der Waals surface area contributed by atoms with Crippen LogP contribution in [0.15, 0.2) is 41.3 Å². The van der Waals surface area contributed by atoms with Gasteiger partial charge in [-0.3, -0.25) is 4.79 Å². The zero-order valence-electron chi connectivity index (χ0n) is 15.2. The van der Waals surface area contributed by atoms with Crippen molar-refractivity contribution in [2.45, 2.75) is 25.8 Å². The molecule has 4 aromatic rings. The fourth-order valence-electron chi connectivity index (χ4n) is 3.32. The highest BCUT2D eigenvalue weighted by Crippen LogP contribution is 2.29. The standard InChI is InChI=1S/C20H17N7O/c1-11-6-19(28)25-16-7-13(4-5-15(11)16)24-18-8-17(23-12-2-3-12)20-22-10-14(9-21)27(20)26-18/h4-8,10,12,23H,2-3H2,1H3,(H,24,26)(H,25,28). The first-order valence-corrected chi connectivity index (χ1v) is 9.07. The third-order valence-electron chi connectivity index (χ3n) is 4.84. The SMILES string of the molecule is Cc1cc(=O)[nH]c2cc(Nc3cc(NC4CC4)c4ncc(C#N)n4n3)ccc12. The van der Waals surface area contributed by atoms with E-state index >= 15 is 0 Å². The van der Waals surface area contributed by atoms with E-state index in [0.717, 1.165) is 40.7 Å². The van der Waals surface area contributed by atoms with Gasteiger partial charge in [0.2, 0.25) is 5.56 Å². The molecular formula is C20H17N7O. The van der Waals surface area contributed by atoms with Crippen LogP contribution in [0.3, 0.4) is 0 Å². The van der Waals surface area contributed by atoms with Crippen LogP contribution in [-0.4, -0.2) is 25.6 Å². The number of fused-ring (bicyclic) bond motifs is 2. The lowest BCUT2D eigenvalue weighted by Crippen LogP contribution is -2.08. The second-order valence-corrected chi connectivity index (χ2v) is 7.05. The fraction of sp³-hybridized carbons (Fsp3) is 0.200. The van der Waals surface area contributed by atoms with E-state index in [-0.39, 0.29) is 5.56 Å². The van der Waals surface area contributed by atoms with Crippen molar-refractivity contribution >= 4 is 33.7 Å². The van der Waals surface area contributed by atoms with Gasteiger partial charge in [-0.25, -0.2) is 4.98 Å². The Morgan fingerprint density at radius 3 is 2.93 bits per heavy atom. The van der Waals surface area contributed by atoms with Gasteiger partial charge in [-0.15, -0.1) is 5.10 Å². The molecule has 0 spiro atoms. The van der Waals surface area contributed by atoms with E-state index in [0.29, 0.717) is 23.2 Å². The minimum Gasteiger partial charge on any atom is -0.379 e. The molecule has 1 fully saturated rings. The van der Waals surface area contributed by atoms with E-state index < -0.39 is 0 Å². The van der Waals surface area contributed by atoms with E-state index in [9.17, 15) is 10.1 Å². The van der Waals surface area contributed by atoms with Crippen molar-refractivity contribution in [2.75, 3.05) is 10.6 Å². The first kappa shape index (κ1) is 16.3. The van der Waals surface area contributed by atoms with Crippen LogP contribution in [0, 0.1) is 18.3 Å². The highest BCUT2D eigenvalue weighted by Gasteiger charge is 2.23. The Morgan fingerprint density at radius 2 is 2.14 bits per heavy atom. The maximum absolute atomic E-state index is 11.8. The Morgan fingerprint density at radius 1 is 1.29 bits per heavy atom.